The minimum atomic E-state index is -0.493. The van der Waals surface area contributed by atoms with Gasteiger partial charge in [-0.3, -0.25) is 0 Å². The first-order valence-electron chi connectivity index (χ1n) is 9.73. The Morgan fingerprint density at radius 3 is 2.17 bits per heavy atom. The Bertz CT molecular complexity index is 810. The van der Waals surface area contributed by atoms with Crippen LogP contribution in [0.4, 0.5) is 9.59 Å². The quantitative estimate of drug-likeness (QED) is 0.712. The van der Waals surface area contributed by atoms with E-state index in [0.717, 1.165) is 11.1 Å². The van der Waals surface area contributed by atoms with Gasteiger partial charge in [-0.05, 0) is 24.0 Å². The molecule has 2 amide bonds. The summed E-state index contributed by atoms with van der Waals surface area (Å²) in [4.78, 5) is 26.4. The van der Waals surface area contributed by atoms with E-state index in [1.807, 2.05) is 60.7 Å². The summed E-state index contributed by atoms with van der Waals surface area (Å²) in [5.74, 6) is 0. The third-order valence-electron chi connectivity index (χ3n) is 4.91. The van der Waals surface area contributed by atoms with Crippen molar-refractivity contribution in [2.45, 2.75) is 38.1 Å². The van der Waals surface area contributed by atoms with Crippen LogP contribution in [0.25, 0.3) is 0 Å². The van der Waals surface area contributed by atoms with Crippen LogP contribution in [0, 0.1) is 0 Å². The maximum Gasteiger partial charge on any atom is 0.410 e. The summed E-state index contributed by atoms with van der Waals surface area (Å²) in [5, 5.41) is 2.88. The van der Waals surface area contributed by atoms with Gasteiger partial charge in [0, 0.05) is 6.54 Å². The summed E-state index contributed by atoms with van der Waals surface area (Å²) in [5.41, 5.74) is 1.85. The Kier molecular flexibility index (Phi) is 7.28. The highest BCUT2D eigenvalue weighted by molar-refractivity contribution is 5.70. The Morgan fingerprint density at radius 2 is 1.59 bits per heavy atom. The first-order chi connectivity index (χ1) is 14.2. The van der Waals surface area contributed by atoms with E-state index in [1.165, 1.54) is 0 Å². The van der Waals surface area contributed by atoms with Crippen molar-refractivity contribution in [3.8, 4) is 0 Å². The molecule has 0 unspecified atom stereocenters. The molecule has 2 atom stereocenters. The largest absolute Gasteiger partial charge is 0.445 e. The number of likely N-dealkylation sites (tertiary alicyclic amines) is 1. The smallest absolute Gasteiger partial charge is 0.410 e. The first kappa shape index (κ1) is 20.5. The molecular formula is C23H26N2O4. The molecule has 1 saturated heterocycles. The van der Waals surface area contributed by atoms with Crippen LogP contribution < -0.4 is 5.32 Å². The molecule has 1 aliphatic rings. The normalized spacial score (nSPS) is 18.1. The average Bonchev–Trinajstić information content (AvgIpc) is 3.14. The van der Waals surface area contributed by atoms with Gasteiger partial charge in [0.25, 0.3) is 0 Å². The van der Waals surface area contributed by atoms with Gasteiger partial charge in [0.05, 0.1) is 12.1 Å². The lowest BCUT2D eigenvalue weighted by atomic mass is 10.1. The number of hydrogen-bond acceptors (Lipinski definition) is 4. The van der Waals surface area contributed by atoms with E-state index in [-0.39, 0.29) is 31.4 Å². The van der Waals surface area contributed by atoms with Crippen molar-refractivity contribution < 1.29 is 19.1 Å². The number of ether oxygens (including phenoxy) is 2. The van der Waals surface area contributed by atoms with Crippen molar-refractivity contribution in [2.24, 2.45) is 0 Å². The predicted octanol–water partition coefficient (Wildman–Crippen LogP) is 4.27. The summed E-state index contributed by atoms with van der Waals surface area (Å²) in [6, 6.07) is 18.6. The molecule has 6 heteroatoms. The molecule has 1 aliphatic heterocycles. The van der Waals surface area contributed by atoms with Crippen molar-refractivity contribution in [3.05, 3.63) is 84.4 Å². The molecule has 3 rings (SSSR count). The van der Waals surface area contributed by atoms with Gasteiger partial charge in [0.2, 0.25) is 0 Å². The standard InChI is InChI=1S/C23H26N2O4/c1-2-9-21-20(24-22(26)28-16-18-10-5-3-6-11-18)14-15-25(21)23(27)29-17-19-12-7-4-8-13-19/h2-8,10-13,20-21H,1,9,14-17H2,(H,24,26)/t20-,21+/m1/s1. The Balaban J connectivity index is 1.52. The lowest BCUT2D eigenvalue weighted by molar-refractivity contribution is 0.0886. The number of carbonyl (C=O) groups is 2. The summed E-state index contributed by atoms with van der Waals surface area (Å²) < 4.78 is 10.8. The van der Waals surface area contributed by atoms with Crippen molar-refractivity contribution in [2.75, 3.05) is 6.54 Å². The average molecular weight is 394 g/mol. The number of nitrogens with zero attached hydrogens (tertiary/aromatic N) is 1. The van der Waals surface area contributed by atoms with E-state index in [4.69, 9.17) is 9.47 Å². The number of nitrogens with one attached hydrogen (secondary N) is 1. The highest BCUT2D eigenvalue weighted by atomic mass is 16.6. The van der Waals surface area contributed by atoms with E-state index < -0.39 is 6.09 Å². The predicted molar refractivity (Wildman–Crippen MR) is 110 cm³/mol. The summed E-state index contributed by atoms with van der Waals surface area (Å²) in [6.45, 7) is 4.71. The fourth-order valence-electron chi connectivity index (χ4n) is 3.43. The fourth-order valence-corrected chi connectivity index (χ4v) is 3.43. The number of hydrogen-bond donors (Lipinski definition) is 1. The Hall–Kier alpha value is -3.28. The molecule has 1 heterocycles. The van der Waals surface area contributed by atoms with Crippen LogP contribution in [0.15, 0.2) is 73.3 Å². The number of amides is 2. The summed E-state index contributed by atoms with van der Waals surface area (Å²) in [6.07, 6.45) is 2.07. The molecule has 0 radical (unpaired) electrons. The minimum absolute atomic E-state index is 0.203. The fraction of sp³-hybridized carbons (Fsp3) is 0.304. The van der Waals surface area contributed by atoms with Crippen LogP contribution in [-0.4, -0.2) is 35.7 Å². The highest BCUT2D eigenvalue weighted by Gasteiger charge is 2.38. The topological polar surface area (TPSA) is 67.9 Å². The molecule has 2 aromatic carbocycles. The highest BCUT2D eigenvalue weighted by Crippen LogP contribution is 2.23. The number of rotatable bonds is 7. The lowest BCUT2D eigenvalue weighted by Crippen LogP contribution is -2.46. The van der Waals surface area contributed by atoms with Crippen LogP contribution in [-0.2, 0) is 22.7 Å². The second-order valence-corrected chi connectivity index (χ2v) is 6.93. The van der Waals surface area contributed by atoms with Gasteiger partial charge in [-0.25, -0.2) is 9.59 Å². The maximum atomic E-state index is 12.6. The third-order valence-corrected chi connectivity index (χ3v) is 4.91. The monoisotopic (exact) mass is 394 g/mol. The molecule has 0 saturated carbocycles. The zero-order valence-corrected chi connectivity index (χ0v) is 16.3. The second-order valence-electron chi connectivity index (χ2n) is 6.93. The second kappa shape index (κ2) is 10.3. The Labute approximate surface area is 171 Å². The van der Waals surface area contributed by atoms with Gasteiger partial charge >= 0.3 is 12.2 Å². The molecule has 0 aromatic heterocycles. The van der Waals surface area contributed by atoms with Crippen LogP contribution >= 0.6 is 0 Å². The van der Waals surface area contributed by atoms with Crippen molar-refractivity contribution in [3.63, 3.8) is 0 Å². The van der Waals surface area contributed by atoms with Crippen LogP contribution in [0.3, 0.4) is 0 Å². The van der Waals surface area contributed by atoms with Gasteiger partial charge in [0.1, 0.15) is 13.2 Å². The van der Waals surface area contributed by atoms with Gasteiger partial charge in [-0.2, -0.15) is 0 Å². The molecule has 1 fully saturated rings. The summed E-state index contributed by atoms with van der Waals surface area (Å²) >= 11 is 0. The molecule has 152 valence electrons. The van der Waals surface area contributed by atoms with Gasteiger partial charge in [0.15, 0.2) is 0 Å². The minimum Gasteiger partial charge on any atom is -0.445 e. The summed E-state index contributed by atoms with van der Waals surface area (Å²) in [7, 11) is 0. The molecular weight excluding hydrogens is 368 g/mol. The van der Waals surface area contributed by atoms with Gasteiger partial charge < -0.3 is 19.7 Å². The van der Waals surface area contributed by atoms with Gasteiger partial charge in [-0.15, -0.1) is 6.58 Å². The molecule has 0 aliphatic carbocycles. The number of benzene rings is 2. The van der Waals surface area contributed by atoms with E-state index in [1.54, 1.807) is 11.0 Å². The van der Waals surface area contributed by atoms with Gasteiger partial charge in [-0.1, -0.05) is 66.7 Å². The van der Waals surface area contributed by atoms with Crippen molar-refractivity contribution in [1.29, 1.82) is 0 Å². The molecule has 0 spiro atoms. The van der Waals surface area contributed by atoms with E-state index >= 15 is 0 Å². The third kappa shape index (κ3) is 5.85. The maximum absolute atomic E-state index is 12.6. The molecule has 2 aromatic rings. The lowest BCUT2D eigenvalue weighted by Gasteiger charge is -2.27. The molecule has 6 nitrogen and oxygen atoms in total. The van der Waals surface area contributed by atoms with Crippen LogP contribution in [0.1, 0.15) is 24.0 Å². The van der Waals surface area contributed by atoms with E-state index in [2.05, 4.69) is 11.9 Å². The Morgan fingerprint density at radius 1 is 1.00 bits per heavy atom. The van der Waals surface area contributed by atoms with E-state index in [0.29, 0.717) is 19.4 Å². The van der Waals surface area contributed by atoms with E-state index in [9.17, 15) is 9.59 Å². The van der Waals surface area contributed by atoms with Crippen molar-refractivity contribution in [1.82, 2.24) is 10.2 Å². The number of carbonyl (C=O) groups excluding carboxylic acids is 2. The molecule has 1 N–H and O–H groups in total. The molecule has 29 heavy (non-hydrogen) atoms. The van der Waals surface area contributed by atoms with Crippen LogP contribution in [0.5, 0.6) is 0 Å². The first-order valence-corrected chi connectivity index (χ1v) is 9.73. The zero-order valence-electron chi connectivity index (χ0n) is 16.3. The number of alkyl carbamates (subject to hydrolysis) is 1. The SMILES string of the molecule is C=CC[C@H]1[C@H](NC(=O)OCc2ccccc2)CCN1C(=O)OCc1ccccc1. The van der Waals surface area contributed by atoms with Crippen LogP contribution in [0.2, 0.25) is 0 Å². The van der Waals surface area contributed by atoms with Crippen molar-refractivity contribution >= 4 is 12.2 Å². The zero-order chi connectivity index (χ0) is 20.5. The molecule has 0 bridgehead atoms.